The first kappa shape index (κ1) is 32.4. The summed E-state index contributed by atoms with van der Waals surface area (Å²) in [6.07, 6.45) is -10.9. The first-order valence-electron chi connectivity index (χ1n) is 14.8. The van der Waals surface area contributed by atoms with Crippen LogP contribution < -0.4 is 4.90 Å². The maximum Gasteiger partial charge on any atom is 0.416 e. The molecule has 3 heterocycles. The van der Waals surface area contributed by atoms with E-state index in [0.717, 1.165) is 25.1 Å². The zero-order valence-corrected chi connectivity index (χ0v) is 24.7. The van der Waals surface area contributed by atoms with Gasteiger partial charge < -0.3 is 14.7 Å². The van der Waals surface area contributed by atoms with Crippen molar-refractivity contribution in [3.63, 3.8) is 0 Å². The summed E-state index contributed by atoms with van der Waals surface area (Å²) in [5, 5.41) is 10.9. The average molecular weight is 668 g/mol. The van der Waals surface area contributed by atoms with Crippen molar-refractivity contribution in [2.45, 2.75) is 63.1 Å². The van der Waals surface area contributed by atoms with E-state index >= 15 is 0 Å². The Balaban J connectivity index is 1.33. The largest absolute Gasteiger partial charge is 0.507 e. The van der Waals surface area contributed by atoms with Crippen LogP contribution in [-0.4, -0.2) is 46.2 Å². The molecule has 47 heavy (non-hydrogen) atoms. The second kappa shape index (κ2) is 11.9. The smallest absolute Gasteiger partial charge is 0.416 e. The number of cyclic esters (lactones) is 1. The van der Waals surface area contributed by atoms with Gasteiger partial charge in [-0.1, -0.05) is 6.07 Å². The molecule has 1 amide bonds. The van der Waals surface area contributed by atoms with E-state index < -0.39 is 59.2 Å². The maximum atomic E-state index is 13.6. The predicted octanol–water partition coefficient (Wildman–Crippen LogP) is 7.71. The van der Waals surface area contributed by atoms with Gasteiger partial charge in [0.05, 0.1) is 35.3 Å². The Kier molecular flexibility index (Phi) is 8.20. The maximum absolute atomic E-state index is 13.6. The molecule has 1 saturated carbocycles. The summed E-state index contributed by atoms with van der Waals surface area (Å²) in [4.78, 5) is 35.9. The van der Waals surface area contributed by atoms with Gasteiger partial charge in [-0.05, 0) is 85.7 Å². The number of hydrogen-bond acceptors (Lipinski definition) is 7. The quantitative estimate of drug-likeness (QED) is 0.258. The molecule has 0 radical (unpaired) electrons. The highest BCUT2D eigenvalue weighted by Crippen LogP contribution is 2.46. The monoisotopic (exact) mass is 667 g/mol. The van der Waals surface area contributed by atoms with Crippen LogP contribution >= 0.6 is 0 Å². The second-order valence-corrected chi connectivity index (χ2v) is 12.1. The fourth-order valence-corrected chi connectivity index (χ4v) is 6.21. The number of benzene rings is 2. The van der Waals surface area contributed by atoms with Gasteiger partial charge in [-0.25, -0.2) is 14.6 Å². The van der Waals surface area contributed by atoms with Crippen LogP contribution in [0.2, 0.25) is 0 Å². The van der Waals surface area contributed by atoms with Gasteiger partial charge in [0.1, 0.15) is 17.7 Å². The molecule has 1 aromatic heterocycles. The molecular formula is C32H28F7N3O5. The number of anilines is 1. The summed E-state index contributed by atoms with van der Waals surface area (Å²) in [5.41, 5.74) is -1.67. The van der Waals surface area contributed by atoms with E-state index in [-0.39, 0.29) is 24.3 Å². The van der Waals surface area contributed by atoms with Crippen molar-refractivity contribution >= 4 is 17.9 Å². The zero-order valence-electron chi connectivity index (χ0n) is 24.7. The number of hydrogen-bond donors (Lipinski definition) is 1. The molecule has 1 N–H and O–H groups in total. The number of pyridine rings is 1. The van der Waals surface area contributed by atoms with E-state index in [0.29, 0.717) is 47.6 Å². The summed E-state index contributed by atoms with van der Waals surface area (Å²) in [6, 6.07) is 8.41. The fourth-order valence-electron chi connectivity index (χ4n) is 6.21. The number of phenols is 1. The van der Waals surface area contributed by atoms with Gasteiger partial charge in [-0.3, -0.25) is 9.84 Å². The molecule has 3 aromatic rings. The Morgan fingerprint density at radius 2 is 1.62 bits per heavy atom. The van der Waals surface area contributed by atoms with E-state index in [2.05, 4.69) is 4.94 Å². The van der Waals surface area contributed by atoms with Gasteiger partial charge in [-0.15, -0.1) is 0 Å². The molecule has 6 rings (SSSR count). The van der Waals surface area contributed by atoms with Crippen LogP contribution in [-0.2, 0) is 33.4 Å². The molecule has 0 bridgehead atoms. The highest BCUT2D eigenvalue weighted by atomic mass is 19.4. The lowest BCUT2D eigenvalue weighted by molar-refractivity contribution is -0.192. The van der Waals surface area contributed by atoms with E-state index in [9.17, 15) is 45.6 Å². The fraction of sp³-hybridized carbons (Fsp3) is 0.406. The predicted molar refractivity (Wildman–Crippen MR) is 152 cm³/mol. The van der Waals surface area contributed by atoms with E-state index in [1.165, 1.54) is 17.9 Å². The van der Waals surface area contributed by atoms with Crippen LogP contribution in [0.1, 0.15) is 66.2 Å². The Hall–Kier alpha value is -4.56. The molecule has 3 aliphatic rings. The number of amides is 1. The van der Waals surface area contributed by atoms with Crippen LogP contribution in [0.4, 0.5) is 41.5 Å². The van der Waals surface area contributed by atoms with Gasteiger partial charge >= 0.3 is 24.4 Å². The van der Waals surface area contributed by atoms with Crippen molar-refractivity contribution in [2.24, 2.45) is 5.92 Å². The van der Waals surface area contributed by atoms with Crippen molar-refractivity contribution in [2.75, 3.05) is 18.0 Å². The number of rotatable bonds is 7. The number of aromatic nitrogens is 1. The molecule has 250 valence electrons. The number of phenolic OH excluding ortho intramolecular Hbond substituents is 1. The molecule has 8 nitrogen and oxygen atoms in total. The Morgan fingerprint density at radius 3 is 2.19 bits per heavy atom. The number of aromatic hydroxyl groups is 1. The third kappa shape index (κ3) is 6.26. The SMILES string of the molecule is C[C@H]1[C@@H](c2cc(C(F)(F)F)cc(C(F)(F)F)c2)OC(=O)N1Cc1nc(N2CCC2)ccc1-c1cc([C@H]2C[C@@H](C(=O)OF)C2)ccc1O. The lowest BCUT2D eigenvalue weighted by Gasteiger charge is -2.33. The van der Waals surface area contributed by atoms with Crippen LogP contribution in [0.15, 0.2) is 48.5 Å². The van der Waals surface area contributed by atoms with Crippen molar-refractivity contribution in [1.29, 1.82) is 0 Å². The van der Waals surface area contributed by atoms with Crippen molar-refractivity contribution < 1.29 is 55.2 Å². The normalized spacial score (nSPS) is 22.9. The zero-order chi connectivity index (χ0) is 33.8. The molecule has 2 aliphatic heterocycles. The van der Waals surface area contributed by atoms with Gasteiger partial charge in [0.15, 0.2) is 0 Å². The van der Waals surface area contributed by atoms with Crippen LogP contribution in [0.3, 0.4) is 0 Å². The summed E-state index contributed by atoms with van der Waals surface area (Å²) in [6.45, 7) is 2.68. The second-order valence-electron chi connectivity index (χ2n) is 12.1. The first-order valence-corrected chi connectivity index (χ1v) is 14.8. The van der Waals surface area contributed by atoms with Gasteiger partial charge in [0.2, 0.25) is 0 Å². The van der Waals surface area contributed by atoms with Crippen molar-refractivity contribution in [1.82, 2.24) is 9.88 Å². The van der Waals surface area contributed by atoms with Crippen LogP contribution in [0.5, 0.6) is 5.75 Å². The number of alkyl halides is 6. The third-order valence-corrected chi connectivity index (χ3v) is 9.12. The standard InChI is InChI=1S/C32H28F7N3O5/c1-16-28(19-11-21(31(33,34)35)14-22(12-19)32(36,37)38)46-30(45)42(16)15-25-23(4-6-27(40-25)41-7-2-8-41)24-13-17(3-5-26(24)43)18-9-20(10-18)29(44)47-39/h3-6,11-14,16,18,20,28,43H,2,7-10,15H2,1H3/t16-,18-,20+,28-/m0/s1. The number of halogens is 7. The highest BCUT2D eigenvalue weighted by molar-refractivity contribution is 5.77. The first-order chi connectivity index (χ1) is 22.1. The molecule has 3 fully saturated rings. The molecular weight excluding hydrogens is 639 g/mol. The summed E-state index contributed by atoms with van der Waals surface area (Å²) >= 11 is 0. The van der Waals surface area contributed by atoms with E-state index in [1.807, 2.05) is 4.90 Å². The highest BCUT2D eigenvalue weighted by Gasteiger charge is 2.44. The summed E-state index contributed by atoms with van der Waals surface area (Å²) < 4.78 is 99.1. The van der Waals surface area contributed by atoms with Crippen LogP contribution in [0, 0.1) is 5.92 Å². The van der Waals surface area contributed by atoms with Crippen LogP contribution in [0.25, 0.3) is 11.1 Å². The van der Waals surface area contributed by atoms with Crippen molar-refractivity contribution in [3.05, 3.63) is 76.5 Å². The number of ether oxygens (including phenoxy) is 1. The minimum Gasteiger partial charge on any atom is -0.507 e. The number of carbonyl (C=O) groups excluding carboxylic acids is 2. The van der Waals surface area contributed by atoms with Crippen molar-refractivity contribution in [3.8, 4) is 16.9 Å². The average Bonchev–Trinajstić information content (AvgIpc) is 3.24. The molecule has 2 aromatic carbocycles. The minimum absolute atomic E-state index is 0.0111. The number of carbonyl (C=O) groups is 2. The molecule has 2 saturated heterocycles. The molecule has 0 spiro atoms. The Labute approximate surface area is 263 Å². The Morgan fingerprint density at radius 1 is 0.957 bits per heavy atom. The molecule has 15 heteroatoms. The number of nitrogens with zero attached hydrogens (tertiary/aromatic N) is 3. The lowest BCUT2D eigenvalue weighted by Crippen LogP contribution is -2.38. The van der Waals surface area contributed by atoms with E-state index in [4.69, 9.17) is 9.72 Å². The van der Waals surface area contributed by atoms with E-state index in [1.54, 1.807) is 24.3 Å². The Bertz CT molecular complexity index is 1670. The topological polar surface area (TPSA) is 92.2 Å². The molecule has 0 unspecified atom stereocenters. The third-order valence-electron chi connectivity index (χ3n) is 9.12. The lowest BCUT2D eigenvalue weighted by atomic mass is 9.71. The summed E-state index contributed by atoms with van der Waals surface area (Å²) in [5.74, 6) is -1.18. The molecule has 2 atom stereocenters. The minimum atomic E-state index is -5.08. The van der Waals surface area contributed by atoms with Gasteiger partial charge in [0.25, 0.3) is 0 Å². The molecule has 1 aliphatic carbocycles. The van der Waals surface area contributed by atoms with Gasteiger partial charge in [-0.2, -0.15) is 26.3 Å². The summed E-state index contributed by atoms with van der Waals surface area (Å²) in [7, 11) is 0. The van der Waals surface area contributed by atoms with Gasteiger partial charge in [0, 0.05) is 28.7 Å².